The summed E-state index contributed by atoms with van der Waals surface area (Å²) in [5.74, 6) is -0.885. The van der Waals surface area contributed by atoms with Gasteiger partial charge in [-0.15, -0.1) is 0 Å². The summed E-state index contributed by atoms with van der Waals surface area (Å²) in [6.07, 6.45) is 2.34. The number of carboxylic acid groups (broad SMARTS) is 1. The van der Waals surface area contributed by atoms with Crippen molar-refractivity contribution in [3.05, 3.63) is 48.0 Å². The normalized spacial score (nSPS) is 22.1. The van der Waals surface area contributed by atoms with Crippen LogP contribution in [0, 0.1) is 0 Å². The molecule has 0 aliphatic heterocycles. The average Bonchev–Trinajstić information content (AvgIpc) is 2.45. The number of allylic oxidation sites excluding steroid dienone is 1. The highest BCUT2D eigenvalue weighted by molar-refractivity contribution is 6.36. The van der Waals surface area contributed by atoms with E-state index in [4.69, 9.17) is 5.11 Å². The van der Waals surface area contributed by atoms with Crippen molar-refractivity contribution in [1.82, 2.24) is 0 Å². The summed E-state index contributed by atoms with van der Waals surface area (Å²) in [4.78, 5) is 18.7. The minimum atomic E-state index is -1.09. The Labute approximate surface area is 118 Å². The lowest BCUT2D eigenvalue weighted by atomic mass is 9.80. The van der Waals surface area contributed by atoms with Gasteiger partial charge in [0.2, 0.25) is 5.84 Å². The van der Waals surface area contributed by atoms with Gasteiger partial charge < -0.3 is 5.11 Å². The topological polar surface area (TPSA) is 62.0 Å². The van der Waals surface area contributed by atoms with Crippen LogP contribution in [-0.4, -0.2) is 29.7 Å². The average molecular weight is 270 g/mol. The summed E-state index contributed by atoms with van der Waals surface area (Å²) in [5, 5.41) is 8.94. The Morgan fingerprint density at radius 1 is 1.35 bits per heavy atom. The molecule has 0 radical (unpaired) electrons. The predicted octanol–water partition coefficient (Wildman–Crippen LogP) is 3.06. The summed E-state index contributed by atoms with van der Waals surface area (Å²) < 4.78 is 0. The minimum absolute atomic E-state index is 0.133. The molecule has 0 amide bonds. The second-order valence-corrected chi connectivity index (χ2v) is 4.87. The molecule has 0 heterocycles. The van der Waals surface area contributed by atoms with Crippen molar-refractivity contribution in [2.24, 2.45) is 9.98 Å². The Bertz CT molecular complexity index is 573. The van der Waals surface area contributed by atoms with Crippen molar-refractivity contribution in [3.8, 4) is 0 Å². The van der Waals surface area contributed by atoms with Crippen LogP contribution in [-0.2, 0) is 4.79 Å². The fraction of sp³-hybridized carbons (Fsp3) is 0.312. The van der Waals surface area contributed by atoms with E-state index in [-0.39, 0.29) is 5.84 Å². The lowest BCUT2D eigenvalue weighted by molar-refractivity contribution is -0.129. The molecule has 0 unspecified atom stereocenters. The summed E-state index contributed by atoms with van der Waals surface area (Å²) in [6, 6.07) is 10.3. The fourth-order valence-corrected chi connectivity index (χ4v) is 2.52. The number of hydrogen-bond acceptors (Lipinski definition) is 2. The van der Waals surface area contributed by atoms with Gasteiger partial charge >= 0.3 is 5.97 Å². The van der Waals surface area contributed by atoms with Crippen LogP contribution in [0.25, 0.3) is 0 Å². The zero-order valence-corrected chi connectivity index (χ0v) is 11.5. The van der Waals surface area contributed by atoms with Crippen LogP contribution < -0.4 is 0 Å². The van der Waals surface area contributed by atoms with Gasteiger partial charge in [0.05, 0.1) is 0 Å². The maximum atomic E-state index is 10.9. The summed E-state index contributed by atoms with van der Waals surface area (Å²) >= 11 is 0. The highest BCUT2D eigenvalue weighted by atomic mass is 16.4. The lowest BCUT2D eigenvalue weighted by Gasteiger charge is -2.26. The molecule has 1 N–H and O–H groups in total. The van der Waals surface area contributed by atoms with E-state index in [9.17, 15) is 4.79 Å². The van der Waals surface area contributed by atoms with E-state index in [0.29, 0.717) is 12.3 Å². The van der Waals surface area contributed by atoms with Crippen LogP contribution in [0.3, 0.4) is 0 Å². The van der Waals surface area contributed by atoms with Crippen LogP contribution >= 0.6 is 0 Å². The first-order valence-electron chi connectivity index (χ1n) is 6.61. The molecule has 1 atom stereocenters. The largest absolute Gasteiger partial charge is 0.475 e. The first-order chi connectivity index (χ1) is 9.61. The van der Waals surface area contributed by atoms with Gasteiger partial charge in [-0.25, -0.2) is 9.79 Å². The maximum absolute atomic E-state index is 10.9. The third kappa shape index (κ3) is 3.20. The van der Waals surface area contributed by atoms with E-state index in [1.807, 2.05) is 18.2 Å². The van der Waals surface area contributed by atoms with Gasteiger partial charge in [-0.1, -0.05) is 42.5 Å². The quantitative estimate of drug-likeness (QED) is 0.484. The third-order valence-corrected chi connectivity index (χ3v) is 3.51. The second-order valence-electron chi connectivity index (χ2n) is 4.87. The standard InChI is InChI=1S/C16H18N2O2/c1-11-10-13(18-15(17-2)16(19)20)8-9-14(11)12-6-4-3-5-7-12/h3-7,14H,1,8-10H2,2H3,(H,19,20)/b17-15-,18-13-/t14-/m1/s1. The van der Waals surface area contributed by atoms with Crippen molar-refractivity contribution in [1.29, 1.82) is 0 Å². The number of aliphatic imine (C=N–C) groups is 2. The number of rotatable bonds is 1. The van der Waals surface area contributed by atoms with Crippen LogP contribution in [0.1, 0.15) is 30.7 Å². The molecule has 4 heteroatoms. The van der Waals surface area contributed by atoms with Crippen LogP contribution in [0.15, 0.2) is 52.5 Å². The highest BCUT2D eigenvalue weighted by Crippen LogP contribution is 2.35. The Morgan fingerprint density at radius 3 is 2.60 bits per heavy atom. The van der Waals surface area contributed by atoms with Crippen molar-refractivity contribution in [2.45, 2.75) is 25.2 Å². The van der Waals surface area contributed by atoms with E-state index in [1.54, 1.807) is 0 Å². The molecule has 104 valence electrons. The Kier molecular flexibility index (Phi) is 4.45. The smallest absolute Gasteiger partial charge is 0.373 e. The number of carbonyl (C=O) groups is 1. The molecule has 0 aromatic heterocycles. The fourth-order valence-electron chi connectivity index (χ4n) is 2.52. The molecule has 2 rings (SSSR count). The van der Waals surface area contributed by atoms with E-state index in [0.717, 1.165) is 24.1 Å². The first-order valence-corrected chi connectivity index (χ1v) is 6.61. The zero-order chi connectivity index (χ0) is 14.5. The van der Waals surface area contributed by atoms with Crippen molar-refractivity contribution in [2.75, 3.05) is 7.05 Å². The zero-order valence-electron chi connectivity index (χ0n) is 11.5. The van der Waals surface area contributed by atoms with Crippen molar-refractivity contribution >= 4 is 17.5 Å². The second kappa shape index (κ2) is 6.28. The molecule has 1 aromatic carbocycles. The molecule has 0 saturated heterocycles. The van der Waals surface area contributed by atoms with E-state index < -0.39 is 5.97 Å². The molecule has 0 spiro atoms. The minimum Gasteiger partial charge on any atom is -0.475 e. The Morgan fingerprint density at radius 2 is 2.05 bits per heavy atom. The summed E-state index contributed by atoms with van der Waals surface area (Å²) in [5.41, 5.74) is 3.20. The molecule has 20 heavy (non-hydrogen) atoms. The monoisotopic (exact) mass is 270 g/mol. The molecule has 1 fully saturated rings. The lowest BCUT2D eigenvalue weighted by Crippen LogP contribution is -2.19. The third-order valence-electron chi connectivity index (χ3n) is 3.51. The molecular formula is C16H18N2O2. The number of benzene rings is 1. The van der Waals surface area contributed by atoms with E-state index >= 15 is 0 Å². The molecule has 1 aromatic rings. The maximum Gasteiger partial charge on any atom is 0.373 e. The number of nitrogens with zero attached hydrogens (tertiary/aromatic N) is 2. The van der Waals surface area contributed by atoms with Crippen LogP contribution in [0.2, 0.25) is 0 Å². The number of hydrogen-bond donors (Lipinski definition) is 1. The molecule has 1 aliphatic rings. The van der Waals surface area contributed by atoms with Gasteiger partial charge in [-0.3, -0.25) is 4.99 Å². The molecule has 1 saturated carbocycles. The highest BCUT2D eigenvalue weighted by Gasteiger charge is 2.23. The van der Waals surface area contributed by atoms with Gasteiger partial charge in [0.25, 0.3) is 0 Å². The SMILES string of the molecule is C=C1C/C(=N\C(=N/C)C(=O)O)CC[C@H]1c1ccccc1. The van der Waals surface area contributed by atoms with Crippen molar-refractivity contribution < 1.29 is 9.90 Å². The first kappa shape index (κ1) is 14.2. The number of carboxylic acids is 1. The van der Waals surface area contributed by atoms with Gasteiger partial charge in [-0.2, -0.15) is 0 Å². The molecular weight excluding hydrogens is 252 g/mol. The summed E-state index contributed by atoms with van der Waals surface area (Å²) in [6.45, 7) is 4.13. The Hall–Kier alpha value is -2.23. The van der Waals surface area contributed by atoms with Gasteiger partial charge in [0.1, 0.15) is 0 Å². The summed E-state index contributed by atoms with van der Waals surface area (Å²) in [7, 11) is 1.44. The van der Waals surface area contributed by atoms with Gasteiger partial charge in [0, 0.05) is 25.1 Å². The van der Waals surface area contributed by atoms with E-state index in [2.05, 4.69) is 28.7 Å². The van der Waals surface area contributed by atoms with Crippen LogP contribution in [0.4, 0.5) is 0 Å². The van der Waals surface area contributed by atoms with Crippen LogP contribution in [0.5, 0.6) is 0 Å². The molecule has 4 nitrogen and oxygen atoms in total. The van der Waals surface area contributed by atoms with E-state index in [1.165, 1.54) is 12.6 Å². The molecule has 0 bridgehead atoms. The Balaban J connectivity index is 2.12. The number of amidine groups is 1. The van der Waals surface area contributed by atoms with Gasteiger partial charge in [-0.05, 0) is 18.4 Å². The predicted molar refractivity (Wildman–Crippen MR) is 80.6 cm³/mol. The van der Waals surface area contributed by atoms with Crippen molar-refractivity contribution in [3.63, 3.8) is 0 Å². The number of aliphatic carboxylic acids is 1. The van der Waals surface area contributed by atoms with Gasteiger partial charge in [0.15, 0.2) is 0 Å². The molecule has 1 aliphatic carbocycles.